The van der Waals surface area contributed by atoms with Crippen molar-refractivity contribution in [3.8, 4) is 34.5 Å². The number of nitrogens with zero attached hydrogens (tertiary/aromatic N) is 1. The van der Waals surface area contributed by atoms with Crippen LogP contribution in [0.3, 0.4) is 0 Å². The molecule has 1 heterocycles. The van der Waals surface area contributed by atoms with Gasteiger partial charge in [0, 0.05) is 0 Å². The van der Waals surface area contributed by atoms with Crippen LogP contribution in [-0.2, 0) is 13.6 Å². The summed E-state index contributed by atoms with van der Waals surface area (Å²) in [5.74, 6) is 2.85. The molecular weight excluding hydrogens is 639 g/mol. The fourth-order valence-corrected chi connectivity index (χ4v) is 16.5. The Balaban J connectivity index is 1.99. The van der Waals surface area contributed by atoms with Gasteiger partial charge in [0.15, 0.2) is 0 Å². The van der Waals surface area contributed by atoms with Gasteiger partial charge in [-0.1, -0.05) is 0 Å². The van der Waals surface area contributed by atoms with Crippen molar-refractivity contribution in [2.45, 2.75) is 40.0 Å². The molecule has 0 bridgehead atoms. The summed E-state index contributed by atoms with van der Waals surface area (Å²) in [4.78, 5) is 7.04. The van der Waals surface area contributed by atoms with Crippen LogP contribution in [-0.4, -0.2) is 41.2 Å². The summed E-state index contributed by atoms with van der Waals surface area (Å²) < 4.78 is 62.3. The summed E-state index contributed by atoms with van der Waals surface area (Å²) >= 11 is 0. The number of ether oxygens (including phenoxy) is 3. The molecule has 4 rings (SSSR count). The number of hydrogen-bond acceptors (Lipinski definition) is 12. The van der Waals surface area contributed by atoms with Crippen molar-refractivity contribution >= 4 is 23.7 Å². The van der Waals surface area contributed by atoms with Crippen LogP contribution in [0.5, 0.6) is 34.5 Å². The van der Waals surface area contributed by atoms with Crippen LogP contribution in [0, 0.1) is 0 Å². The van der Waals surface area contributed by atoms with Gasteiger partial charge in [0.1, 0.15) is 0 Å². The molecule has 0 fully saturated rings. The first-order valence-electron chi connectivity index (χ1n) is 15.0. The Kier molecular flexibility index (Phi) is 13.1. The zero-order valence-corrected chi connectivity index (χ0v) is 29.6. The van der Waals surface area contributed by atoms with Gasteiger partial charge < -0.3 is 0 Å². The Bertz CT molecular complexity index is 1440. The molecule has 1 unspecified atom stereocenters. The number of rotatable bonds is 18. The van der Waals surface area contributed by atoms with Gasteiger partial charge in [0.2, 0.25) is 0 Å². The van der Waals surface area contributed by atoms with Crippen LogP contribution in [0.1, 0.15) is 40.0 Å². The molecule has 250 valence electrons. The molecule has 1 aliphatic heterocycles. The summed E-state index contributed by atoms with van der Waals surface area (Å²) in [5.41, 5.74) is 0. The second-order valence-corrected chi connectivity index (χ2v) is 17.4. The van der Waals surface area contributed by atoms with Crippen LogP contribution >= 0.6 is 23.7 Å². The van der Waals surface area contributed by atoms with Crippen molar-refractivity contribution in [1.29, 1.82) is 0 Å². The van der Waals surface area contributed by atoms with E-state index in [2.05, 4.69) is 9.72 Å². The van der Waals surface area contributed by atoms with Crippen molar-refractivity contribution in [2.75, 3.05) is 41.2 Å². The van der Waals surface area contributed by atoms with Crippen LogP contribution < -0.4 is 37.5 Å². The van der Waals surface area contributed by atoms with E-state index in [4.69, 9.17) is 45.9 Å². The topological polar surface area (TPSA) is 119 Å². The van der Waals surface area contributed by atoms with Gasteiger partial charge in [0.25, 0.3) is 0 Å². The molecule has 0 radical (unpaired) electrons. The van der Waals surface area contributed by atoms with Crippen molar-refractivity contribution in [3.63, 3.8) is 0 Å². The normalized spacial score (nSPS) is 19.8. The van der Waals surface area contributed by atoms with E-state index in [-0.39, 0.29) is 0 Å². The minimum atomic E-state index is -3.96. The van der Waals surface area contributed by atoms with E-state index in [0.29, 0.717) is 73.6 Å². The zero-order chi connectivity index (χ0) is 32.2. The van der Waals surface area contributed by atoms with Gasteiger partial charge in [-0.05, 0) is 0 Å². The maximum absolute atomic E-state index is 6.82. The number of nitrogens with one attached hydrogen (secondary N) is 2. The van der Waals surface area contributed by atoms with E-state index in [0.717, 1.165) is 0 Å². The van der Waals surface area contributed by atoms with Gasteiger partial charge in [-0.3, -0.25) is 0 Å². The van der Waals surface area contributed by atoms with Gasteiger partial charge in [-0.25, -0.2) is 0 Å². The number of benzene rings is 3. The van der Waals surface area contributed by atoms with Gasteiger partial charge in [0.05, 0.1) is 0 Å². The second kappa shape index (κ2) is 16.8. The molecule has 2 N–H and O–H groups in total. The molecule has 0 spiro atoms. The van der Waals surface area contributed by atoms with E-state index in [9.17, 15) is 0 Å². The molecule has 1 aliphatic rings. The molecule has 45 heavy (non-hydrogen) atoms. The molecule has 1 atom stereocenters. The fourth-order valence-electron chi connectivity index (χ4n) is 4.30. The van der Waals surface area contributed by atoms with E-state index in [1.54, 1.807) is 39.5 Å². The predicted octanol–water partition coefficient (Wildman–Crippen LogP) is 8.49. The number of para-hydroxylation sites is 6. The van der Waals surface area contributed by atoms with Gasteiger partial charge in [-0.15, -0.1) is 0 Å². The summed E-state index contributed by atoms with van der Waals surface area (Å²) in [6, 6.07) is 22.0. The molecular formula is C30H46N3O9P3. The van der Waals surface area contributed by atoms with Crippen LogP contribution in [0.25, 0.3) is 0 Å². The molecule has 0 saturated carbocycles. The van der Waals surface area contributed by atoms with E-state index >= 15 is 0 Å². The van der Waals surface area contributed by atoms with Crippen LogP contribution in [0.15, 0.2) is 77.3 Å². The molecule has 0 saturated heterocycles. The van der Waals surface area contributed by atoms with Crippen molar-refractivity contribution < 1.29 is 41.4 Å². The summed E-state index contributed by atoms with van der Waals surface area (Å²) in [6.07, 6.45) is 2.09. The standard InChI is InChI=1S/C30H46N3O9P3/c1-7-22-37-43(40-28-19-13-10-16-25(28)34-4)31-44(38-23-8-2,41-29-20-14-11-17-26(29)35-5)33-45(32-43,39-24-9-3)42-30-21-15-12-18-27(30)36-6/h10-21,31-32,43-44H,7-9,22-24H2,1-6H3. The Morgan fingerprint density at radius 2 is 1.07 bits per heavy atom. The van der Waals surface area contributed by atoms with Crippen molar-refractivity contribution in [1.82, 2.24) is 9.72 Å². The zero-order valence-electron chi connectivity index (χ0n) is 26.7. The van der Waals surface area contributed by atoms with E-state index in [1.807, 2.05) is 75.4 Å². The monoisotopic (exact) mass is 685 g/mol. The fraction of sp³-hybridized carbons (Fsp3) is 0.400. The van der Waals surface area contributed by atoms with Crippen molar-refractivity contribution in [3.05, 3.63) is 72.8 Å². The first-order chi connectivity index (χ1) is 21.9. The third-order valence-electron chi connectivity index (χ3n) is 6.29. The predicted molar refractivity (Wildman–Crippen MR) is 182 cm³/mol. The number of hydrogen-bond donors (Lipinski definition) is 2. The molecule has 0 aromatic heterocycles. The molecule has 0 amide bonds. The molecule has 15 heteroatoms. The maximum atomic E-state index is 6.82. The van der Waals surface area contributed by atoms with Crippen molar-refractivity contribution in [2.24, 2.45) is 4.52 Å². The summed E-state index contributed by atoms with van der Waals surface area (Å²) in [7, 11) is -6.63. The molecule has 3 aromatic carbocycles. The second-order valence-electron chi connectivity index (χ2n) is 9.83. The van der Waals surface area contributed by atoms with Crippen LogP contribution in [0.4, 0.5) is 0 Å². The third-order valence-corrected chi connectivity index (χ3v) is 16.5. The Morgan fingerprint density at radius 3 is 1.60 bits per heavy atom. The van der Waals surface area contributed by atoms with E-state index in [1.165, 1.54) is 0 Å². The average molecular weight is 686 g/mol. The third kappa shape index (κ3) is 9.00. The Labute approximate surface area is 267 Å². The SMILES string of the molecule is CCCOP1(Oc2ccccc2OC)=N[PH](OCCC)(Oc2ccccc2OC)N[PH](OCCC)(Oc2ccccc2OC)N1. The average Bonchev–Trinajstić information content (AvgIpc) is 3.06. The van der Waals surface area contributed by atoms with Crippen LogP contribution in [0.2, 0.25) is 0 Å². The molecule has 0 aliphatic carbocycles. The Hall–Kier alpha value is -2.65. The van der Waals surface area contributed by atoms with E-state index < -0.39 is 23.7 Å². The van der Waals surface area contributed by atoms with Gasteiger partial charge in [-0.2, -0.15) is 0 Å². The molecule has 12 nitrogen and oxygen atoms in total. The van der Waals surface area contributed by atoms with Gasteiger partial charge >= 0.3 is 268 Å². The number of methoxy groups -OCH3 is 3. The Morgan fingerprint density at radius 1 is 0.600 bits per heavy atom. The minimum absolute atomic E-state index is 0.319. The quantitative estimate of drug-likeness (QED) is 0.126. The molecule has 3 aromatic rings. The first kappa shape index (κ1) is 35.2. The summed E-state index contributed by atoms with van der Waals surface area (Å²) in [6.45, 7) is 7.03. The first-order valence-corrected chi connectivity index (χ1v) is 20.2. The summed E-state index contributed by atoms with van der Waals surface area (Å²) in [5, 5.41) is 0.